The zero-order valence-corrected chi connectivity index (χ0v) is 15.0. The molecule has 142 valence electrons. The van der Waals surface area contributed by atoms with Crippen molar-refractivity contribution in [2.24, 2.45) is 0 Å². The van der Waals surface area contributed by atoms with Crippen LogP contribution in [0.5, 0.6) is 0 Å². The van der Waals surface area contributed by atoms with Gasteiger partial charge in [0, 0.05) is 43.9 Å². The van der Waals surface area contributed by atoms with Crippen molar-refractivity contribution in [2.45, 2.75) is 12.8 Å². The molecule has 1 amide bonds. The third-order valence-electron chi connectivity index (χ3n) is 4.81. The average Bonchev–Trinajstić information content (AvgIpc) is 2.92. The van der Waals surface area contributed by atoms with Gasteiger partial charge in [0.15, 0.2) is 0 Å². The Kier molecular flexibility index (Phi) is 6.13. The Morgan fingerprint density at radius 3 is 2.56 bits per heavy atom. The molecule has 1 fully saturated rings. The van der Waals surface area contributed by atoms with Crippen molar-refractivity contribution in [2.75, 3.05) is 32.7 Å². The third kappa shape index (κ3) is 5.10. The predicted octanol–water partition coefficient (Wildman–Crippen LogP) is 3.12. The molecule has 2 aromatic rings. The molecule has 27 heavy (non-hydrogen) atoms. The van der Waals surface area contributed by atoms with Crippen LogP contribution >= 0.6 is 0 Å². The molecule has 1 aliphatic heterocycles. The van der Waals surface area contributed by atoms with Gasteiger partial charge in [0.05, 0.1) is 4.92 Å². The predicted molar refractivity (Wildman–Crippen MR) is 100 cm³/mol. The zero-order chi connectivity index (χ0) is 19.2. The number of amides is 1. The van der Waals surface area contributed by atoms with Crippen LogP contribution in [0.15, 0.2) is 48.5 Å². The van der Waals surface area contributed by atoms with E-state index in [1.807, 2.05) is 0 Å². The molecule has 3 rings (SSSR count). The van der Waals surface area contributed by atoms with Crippen LogP contribution in [0.1, 0.15) is 22.3 Å². The Labute approximate surface area is 157 Å². The lowest BCUT2D eigenvalue weighted by Crippen LogP contribution is -2.35. The Bertz CT molecular complexity index is 810. The van der Waals surface area contributed by atoms with Crippen molar-refractivity contribution >= 4 is 11.6 Å². The molecule has 0 bridgehead atoms. The van der Waals surface area contributed by atoms with Crippen LogP contribution in [0.25, 0.3) is 0 Å². The van der Waals surface area contributed by atoms with Gasteiger partial charge >= 0.3 is 0 Å². The molecule has 1 heterocycles. The summed E-state index contributed by atoms with van der Waals surface area (Å²) >= 11 is 0. The molecule has 0 spiro atoms. The minimum absolute atomic E-state index is 0.0972. The van der Waals surface area contributed by atoms with Gasteiger partial charge < -0.3 is 9.80 Å². The number of rotatable bonds is 5. The minimum atomic E-state index is -0.402. The quantitative estimate of drug-likeness (QED) is 0.598. The molecule has 6 nitrogen and oxygen atoms in total. The molecule has 0 unspecified atom stereocenters. The number of hydrogen-bond acceptors (Lipinski definition) is 4. The molecule has 1 saturated heterocycles. The number of hydrogen-bond donors (Lipinski definition) is 0. The van der Waals surface area contributed by atoms with Gasteiger partial charge in [-0.25, -0.2) is 4.39 Å². The SMILES string of the molecule is O=C(c1cccc(F)c1)N1CCCN(CCc2ccc([N+](=O)[O-])cc2)CC1. The van der Waals surface area contributed by atoms with Gasteiger partial charge in [-0.3, -0.25) is 14.9 Å². The van der Waals surface area contributed by atoms with Gasteiger partial charge in [0.1, 0.15) is 5.82 Å². The first-order valence-electron chi connectivity index (χ1n) is 9.03. The molecule has 0 saturated carbocycles. The lowest BCUT2D eigenvalue weighted by Gasteiger charge is -2.22. The van der Waals surface area contributed by atoms with Gasteiger partial charge in [-0.05, 0) is 43.1 Å². The highest BCUT2D eigenvalue weighted by atomic mass is 19.1. The van der Waals surface area contributed by atoms with Crippen LogP contribution in [0.2, 0.25) is 0 Å². The molecule has 0 aromatic heterocycles. The molecule has 7 heteroatoms. The van der Waals surface area contributed by atoms with E-state index < -0.39 is 10.7 Å². The van der Waals surface area contributed by atoms with Gasteiger partial charge in [-0.15, -0.1) is 0 Å². The minimum Gasteiger partial charge on any atom is -0.337 e. The number of nitro benzene ring substituents is 1. The fourth-order valence-electron chi connectivity index (χ4n) is 3.27. The second kappa shape index (κ2) is 8.73. The molecule has 0 aliphatic carbocycles. The highest BCUT2D eigenvalue weighted by Crippen LogP contribution is 2.14. The Morgan fingerprint density at radius 1 is 1.07 bits per heavy atom. The maximum Gasteiger partial charge on any atom is 0.269 e. The van der Waals surface area contributed by atoms with E-state index in [0.717, 1.165) is 38.0 Å². The fourth-order valence-corrected chi connectivity index (χ4v) is 3.27. The lowest BCUT2D eigenvalue weighted by atomic mass is 10.1. The van der Waals surface area contributed by atoms with E-state index in [2.05, 4.69) is 4.90 Å². The number of benzene rings is 2. The summed E-state index contributed by atoms with van der Waals surface area (Å²) in [5.41, 5.74) is 1.53. The van der Waals surface area contributed by atoms with Gasteiger partial charge in [0.25, 0.3) is 11.6 Å². The second-order valence-electron chi connectivity index (χ2n) is 6.67. The van der Waals surface area contributed by atoms with Crippen molar-refractivity contribution in [1.29, 1.82) is 0 Å². The van der Waals surface area contributed by atoms with E-state index in [-0.39, 0.29) is 11.6 Å². The summed E-state index contributed by atoms with van der Waals surface area (Å²) in [5.74, 6) is -0.535. The summed E-state index contributed by atoms with van der Waals surface area (Å²) in [6, 6.07) is 12.4. The van der Waals surface area contributed by atoms with Crippen molar-refractivity contribution in [3.8, 4) is 0 Å². The normalized spacial score (nSPS) is 15.4. The molecule has 2 aromatic carbocycles. The van der Waals surface area contributed by atoms with Crippen LogP contribution in [0, 0.1) is 15.9 Å². The number of halogens is 1. The number of nitro groups is 1. The lowest BCUT2D eigenvalue weighted by molar-refractivity contribution is -0.384. The summed E-state index contributed by atoms with van der Waals surface area (Å²) in [6.07, 6.45) is 1.66. The second-order valence-corrected chi connectivity index (χ2v) is 6.67. The highest BCUT2D eigenvalue weighted by molar-refractivity contribution is 5.94. The standard InChI is InChI=1S/C20H22FN3O3/c21-18-4-1-3-17(15-18)20(25)23-11-2-10-22(13-14-23)12-9-16-5-7-19(8-6-16)24(26)27/h1,3-8,15H,2,9-14H2. The Balaban J connectivity index is 1.52. The van der Waals surface area contributed by atoms with Crippen molar-refractivity contribution in [1.82, 2.24) is 9.80 Å². The average molecular weight is 371 g/mol. The number of nitrogens with zero attached hydrogens (tertiary/aromatic N) is 3. The molecule has 0 atom stereocenters. The molecule has 0 N–H and O–H groups in total. The third-order valence-corrected chi connectivity index (χ3v) is 4.81. The van der Waals surface area contributed by atoms with Crippen LogP contribution < -0.4 is 0 Å². The van der Waals surface area contributed by atoms with E-state index >= 15 is 0 Å². The zero-order valence-electron chi connectivity index (χ0n) is 15.0. The molecular weight excluding hydrogens is 349 g/mol. The maximum absolute atomic E-state index is 13.4. The molecule has 0 radical (unpaired) electrons. The van der Waals surface area contributed by atoms with Gasteiger partial charge in [0.2, 0.25) is 0 Å². The number of carbonyl (C=O) groups excluding carboxylic acids is 1. The Morgan fingerprint density at radius 2 is 1.85 bits per heavy atom. The highest BCUT2D eigenvalue weighted by Gasteiger charge is 2.20. The first-order chi connectivity index (χ1) is 13.0. The number of non-ortho nitro benzene ring substituents is 1. The molecular formula is C20H22FN3O3. The fraction of sp³-hybridized carbons (Fsp3) is 0.350. The van der Waals surface area contributed by atoms with E-state index in [1.165, 1.54) is 24.3 Å². The van der Waals surface area contributed by atoms with Crippen LogP contribution in [-0.2, 0) is 6.42 Å². The Hall–Kier alpha value is -2.80. The van der Waals surface area contributed by atoms with E-state index in [9.17, 15) is 19.3 Å². The monoisotopic (exact) mass is 371 g/mol. The van der Waals surface area contributed by atoms with Crippen molar-refractivity contribution in [3.05, 3.63) is 75.6 Å². The summed E-state index contributed by atoms with van der Waals surface area (Å²) in [6.45, 7) is 3.74. The summed E-state index contributed by atoms with van der Waals surface area (Å²) in [5, 5.41) is 10.7. The largest absolute Gasteiger partial charge is 0.337 e. The van der Waals surface area contributed by atoms with E-state index in [1.54, 1.807) is 29.2 Å². The molecule has 1 aliphatic rings. The van der Waals surface area contributed by atoms with Crippen LogP contribution in [0.4, 0.5) is 10.1 Å². The van der Waals surface area contributed by atoms with Crippen LogP contribution in [-0.4, -0.2) is 53.4 Å². The van der Waals surface area contributed by atoms with Gasteiger partial charge in [-0.2, -0.15) is 0 Å². The first kappa shape index (κ1) is 19.0. The summed E-state index contributed by atoms with van der Waals surface area (Å²) < 4.78 is 13.4. The van der Waals surface area contributed by atoms with Crippen molar-refractivity contribution < 1.29 is 14.1 Å². The van der Waals surface area contributed by atoms with Gasteiger partial charge in [-0.1, -0.05) is 18.2 Å². The topological polar surface area (TPSA) is 66.7 Å². The van der Waals surface area contributed by atoms with Crippen LogP contribution in [0.3, 0.4) is 0 Å². The summed E-state index contributed by atoms with van der Waals surface area (Å²) in [7, 11) is 0. The number of carbonyl (C=O) groups is 1. The smallest absolute Gasteiger partial charge is 0.269 e. The first-order valence-corrected chi connectivity index (χ1v) is 9.03. The van der Waals surface area contributed by atoms with E-state index in [4.69, 9.17) is 0 Å². The maximum atomic E-state index is 13.4. The van der Waals surface area contributed by atoms with Crippen molar-refractivity contribution in [3.63, 3.8) is 0 Å². The van der Waals surface area contributed by atoms with E-state index in [0.29, 0.717) is 18.7 Å². The summed E-state index contributed by atoms with van der Waals surface area (Å²) in [4.78, 5) is 26.9.